The second-order valence-electron chi connectivity index (χ2n) is 11.3. The van der Waals surface area contributed by atoms with E-state index in [2.05, 4.69) is 51.8 Å². The van der Waals surface area contributed by atoms with Crippen LogP contribution < -0.4 is 15.4 Å². The van der Waals surface area contributed by atoms with Crippen molar-refractivity contribution in [1.29, 1.82) is 0 Å². The zero-order valence-corrected chi connectivity index (χ0v) is 29.5. The molecule has 0 bridgehead atoms. The molecule has 2 unspecified atom stereocenters. The molecule has 0 aliphatic carbocycles. The summed E-state index contributed by atoms with van der Waals surface area (Å²) in [6, 6.07) is 7.90. The van der Waals surface area contributed by atoms with Crippen LogP contribution in [0.15, 0.2) is 38.0 Å². The van der Waals surface area contributed by atoms with Gasteiger partial charge < -0.3 is 4.98 Å². The number of halogens is 3. The maximum absolute atomic E-state index is 12.8. The number of aromatic amines is 1. The number of rotatable bonds is 2. The molecule has 1 N–H and O–H groups in total. The summed E-state index contributed by atoms with van der Waals surface area (Å²) in [5, 5.41) is 0.360. The van der Waals surface area contributed by atoms with Gasteiger partial charge in [-0.15, -0.1) is 0 Å². The van der Waals surface area contributed by atoms with E-state index in [1.54, 1.807) is 30.6 Å². The third kappa shape index (κ3) is 5.39. The molecule has 9 nitrogen and oxygen atoms in total. The molecule has 2 aliphatic heterocycles. The topological polar surface area (TPSA) is 112 Å². The van der Waals surface area contributed by atoms with Crippen LogP contribution in [0.3, 0.4) is 0 Å². The van der Waals surface area contributed by atoms with Crippen molar-refractivity contribution in [1.82, 2.24) is 19.9 Å². The molecule has 2 aromatic heterocycles. The second-order valence-corrected chi connectivity index (χ2v) is 13.4. The predicted molar refractivity (Wildman–Crippen MR) is 180 cm³/mol. The normalized spacial score (nSPS) is 17.1. The smallest absolute Gasteiger partial charge is 0.257 e. The summed E-state index contributed by atoms with van der Waals surface area (Å²) in [4.78, 5) is 56.8. The average Bonchev–Trinajstić information content (AvgIpc) is 3.28. The first kappa shape index (κ1) is 32.0. The van der Waals surface area contributed by atoms with Crippen molar-refractivity contribution in [3.05, 3.63) is 93.7 Å². The summed E-state index contributed by atoms with van der Waals surface area (Å²) in [6.07, 6.45) is 0. The molecule has 2 amide bonds. The van der Waals surface area contributed by atoms with Crippen molar-refractivity contribution < 1.29 is 9.59 Å². The molecule has 6 rings (SSSR count). The second kappa shape index (κ2) is 11.8. The zero-order chi connectivity index (χ0) is 32.4. The van der Waals surface area contributed by atoms with Gasteiger partial charge in [-0.25, -0.2) is 15.0 Å². The largest absolute Gasteiger partial charge is 0.310 e. The number of benzene rings is 2. The highest BCUT2D eigenvalue weighted by Crippen LogP contribution is 2.46. The van der Waals surface area contributed by atoms with Crippen LogP contribution in [-0.4, -0.2) is 31.8 Å². The Labute approximate surface area is 277 Å². The van der Waals surface area contributed by atoms with Gasteiger partial charge in [0.2, 0.25) is 11.8 Å². The van der Waals surface area contributed by atoms with Crippen molar-refractivity contribution >= 4 is 78.3 Å². The molecule has 2 aliphatic rings. The van der Waals surface area contributed by atoms with Crippen LogP contribution in [-0.2, 0) is 9.59 Å². The van der Waals surface area contributed by atoms with Crippen LogP contribution in [0.1, 0.15) is 70.7 Å². The SMILES string of the molecule is Cc1nc(Cl)c2c(n1)N(c1c(C)cc(Br)cc1C)C(=O)C2C.Cc1nc2c(c(=O)[nH]1)C(C)C(=O)N2c1c(C)cc(Br)cc1C. The van der Waals surface area contributed by atoms with E-state index in [9.17, 15) is 14.4 Å². The number of anilines is 4. The fourth-order valence-electron chi connectivity index (χ4n) is 6.00. The summed E-state index contributed by atoms with van der Waals surface area (Å²) in [5.74, 6) is 1.14. The van der Waals surface area contributed by atoms with Crippen molar-refractivity contribution in [3.63, 3.8) is 0 Å². The minimum atomic E-state index is -0.491. The Morgan fingerprint density at radius 1 is 0.682 bits per heavy atom. The third-order valence-electron chi connectivity index (χ3n) is 7.87. The van der Waals surface area contributed by atoms with Gasteiger partial charge in [-0.05, 0) is 102 Å². The molecule has 0 saturated carbocycles. The van der Waals surface area contributed by atoms with Crippen LogP contribution in [0.2, 0.25) is 5.15 Å². The third-order valence-corrected chi connectivity index (χ3v) is 9.08. The highest BCUT2D eigenvalue weighted by Gasteiger charge is 2.41. The van der Waals surface area contributed by atoms with E-state index in [1.165, 1.54) is 0 Å². The number of fused-ring (bicyclic) bond motifs is 2. The first-order valence-corrected chi connectivity index (χ1v) is 15.9. The summed E-state index contributed by atoms with van der Waals surface area (Å²) < 4.78 is 1.95. The number of H-pyrrole nitrogens is 1. The van der Waals surface area contributed by atoms with Crippen LogP contribution >= 0.6 is 43.5 Å². The molecule has 2 aromatic carbocycles. The van der Waals surface area contributed by atoms with E-state index in [0.29, 0.717) is 39.6 Å². The van der Waals surface area contributed by atoms with Gasteiger partial charge in [-0.3, -0.25) is 24.2 Å². The van der Waals surface area contributed by atoms with Crippen LogP contribution in [0, 0.1) is 41.5 Å². The van der Waals surface area contributed by atoms with E-state index in [-0.39, 0.29) is 23.3 Å². The number of nitrogens with one attached hydrogen (secondary N) is 1. The quantitative estimate of drug-likeness (QED) is 0.210. The lowest BCUT2D eigenvalue weighted by molar-refractivity contribution is -0.119. The fourth-order valence-corrected chi connectivity index (χ4v) is 7.75. The molecule has 4 heterocycles. The number of hydrogen-bond acceptors (Lipinski definition) is 6. The number of carbonyl (C=O) groups excluding carboxylic acids is 2. The minimum Gasteiger partial charge on any atom is -0.310 e. The maximum atomic E-state index is 12.8. The van der Waals surface area contributed by atoms with E-state index in [4.69, 9.17) is 11.6 Å². The summed E-state index contributed by atoms with van der Waals surface area (Å²) in [6.45, 7) is 14.9. The number of aryl methyl sites for hydroxylation is 6. The Bertz CT molecular complexity index is 1900. The average molecular weight is 743 g/mol. The molecule has 0 radical (unpaired) electrons. The van der Waals surface area contributed by atoms with Gasteiger partial charge in [0.25, 0.3) is 5.56 Å². The Kier molecular flexibility index (Phi) is 8.60. The highest BCUT2D eigenvalue weighted by atomic mass is 79.9. The molecular formula is C32H31Br2ClN6O3. The first-order chi connectivity index (χ1) is 20.6. The standard InChI is InChI=1S/C16H15BrClN3O.C16H16BrN3O2/c1-7-5-11(17)6-8(2)13(7)21-15-12(9(3)16(21)22)14(18)19-10(4)20-15;1-7-5-11(17)6-8(2)13(7)20-14-12(9(3)16(20)22)15(21)19-10(4)18-14/h5-6,9H,1-4H3;5-6,9H,1-4H3,(H,18,19,21). The number of carbonyl (C=O) groups is 2. The van der Waals surface area contributed by atoms with Gasteiger partial charge >= 0.3 is 0 Å². The van der Waals surface area contributed by atoms with E-state index in [1.807, 2.05) is 58.9 Å². The highest BCUT2D eigenvalue weighted by molar-refractivity contribution is 9.10. The summed E-state index contributed by atoms with van der Waals surface area (Å²) >= 11 is 13.2. The lowest BCUT2D eigenvalue weighted by Gasteiger charge is -2.22. The number of amides is 2. The van der Waals surface area contributed by atoms with Crippen molar-refractivity contribution in [3.8, 4) is 0 Å². The number of aromatic nitrogens is 4. The zero-order valence-electron chi connectivity index (χ0n) is 25.6. The Morgan fingerprint density at radius 2 is 1.09 bits per heavy atom. The number of nitrogens with zero attached hydrogens (tertiary/aromatic N) is 5. The monoisotopic (exact) mass is 740 g/mol. The lowest BCUT2D eigenvalue weighted by atomic mass is 10.1. The molecule has 4 aromatic rings. The molecule has 12 heteroatoms. The molecule has 0 saturated heterocycles. The van der Waals surface area contributed by atoms with Crippen LogP contribution in [0.4, 0.5) is 23.0 Å². The molecular weight excluding hydrogens is 712 g/mol. The molecule has 44 heavy (non-hydrogen) atoms. The lowest BCUT2D eigenvalue weighted by Crippen LogP contribution is -2.25. The van der Waals surface area contributed by atoms with Crippen LogP contribution in [0.25, 0.3) is 0 Å². The van der Waals surface area contributed by atoms with E-state index < -0.39 is 5.92 Å². The fraction of sp³-hybridized carbons (Fsp3) is 0.312. The van der Waals surface area contributed by atoms with Crippen molar-refractivity contribution in [2.75, 3.05) is 9.80 Å². The van der Waals surface area contributed by atoms with Crippen molar-refractivity contribution in [2.24, 2.45) is 0 Å². The summed E-state index contributed by atoms with van der Waals surface area (Å²) in [5.41, 5.74) is 6.51. The molecule has 0 spiro atoms. The first-order valence-electron chi connectivity index (χ1n) is 14.0. The van der Waals surface area contributed by atoms with Gasteiger partial charge in [0, 0.05) is 14.5 Å². The Balaban J connectivity index is 0.000000175. The Hall–Kier alpha value is -3.41. The van der Waals surface area contributed by atoms with E-state index >= 15 is 0 Å². The van der Waals surface area contributed by atoms with Gasteiger partial charge in [-0.1, -0.05) is 43.5 Å². The van der Waals surface area contributed by atoms with Gasteiger partial charge in [0.15, 0.2) is 5.82 Å². The Morgan fingerprint density at radius 3 is 1.55 bits per heavy atom. The van der Waals surface area contributed by atoms with Gasteiger partial charge in [0.1, 0.15) is 22.6 Å². The van der Waals surface area contributed by atoms with Gasteiger partial charge in [0.05, 0.1) is 28.8 Å². The van der Waals surface area contributed by atoms with Gasteiger partial charge in [-0.2, -0.15) is 0 Å². The molecule has 2 atom stereocenters. The van der Waals surface area contributed by atoms with Crippen LogP contribution in [0.5, 0.6) is 0 Å². The maximum Gasteiger partial charge on any atom is 0.257 e. The van der Waals surface area contributed by atoms with E-state index in [0.717, 1.165) is 42.6 Å². The summed E-state index contributed by atoms with van der Waals surface area (Å²) in [7, 11) is 0. The molecule has 0 fully saturated rings. The van der Waals surface area contributed by atoms with Crippen molar-refractivity contribution in [2.45, 2.75) is 67.2 Å². The predicted octanol–water partition coefficient (Wildman–Crippen LogP) is 7.84. The molecule has 228 valence electrons. The number of hydrogen-bond donors (Lipinski definition) is 1. The minimum absolute atomic E-state index is 0.0228.